The van der Waals surface area contributed by atoms with Crippen molar-refractivity contribution in [2.75, 3.05) is 13.1 Å². The summed E-state index contributed by atoms with van der Waals surface area (Å²) in [4.78, 5) is 0. The van der Waals surface area contributed by atoms with Gasteiger partial charge in [-0.3, -0.25) is 0 Å². The van der Waals surface area contributed by atoms with Crippen LogP contribution >= 0.6 is 0 Å². The number of rotatable bonds is 2. The van der Waals surface area contributed by atoms with E-state index in [1.54, 1.807) is 0 Å². The molecule has 1 nitrogen and oxygen atoms in total. The van der Waals surface area contributed by atoms with Gasteiger partial charge in [-0.05, 0) is 43.3 Å². The molecule has 1 aliphatic heterocycles. The van der Waals surface area contributed by atoms with E-state index < -0.39 is 0 Å². The lowest BCUT2D eigenvalue weighted by Crippen LogP contribution is -2.36. The molecule has 1 saturated heterocycles. The molecule has 0 amide bonds. The second-order valence-corrected chi connectivity index (χ2v) is 4.42. The quantitative estimate of drug-likeness (QED) is 0.753. The highest BCUT2D eigenvalue weighted by atomic mass is 14.9. The minimum absolute atomic E-state index is 0.825. The van der Waals surface area contributed by atoms with Crippen molar-refractivity contribution in [2.24, 2.45) is 11.8 Å². The monoisotopic (exact) mass is 189 g/mol. The van der Waals surface area contributed by atoms with Gasteiger partial charge < -0.3 is 5.32 Å². The fraction of sp³-hybridized carbons (Fsp3) is 0.538. The van der Waals surface area contributed by atoms with E-state index >= 15 is 0 Å². The Hall–Kier alpha value is -0.820. The predicted molar refractivity (Wildman–Crippen MR) is 60.3 cm³/mol. The molecule has 0 spiro atoms. The standard InChI is InChI=1S/C13H19N/c1-11-7-8-14-10-13(11)9-12-5-3-2-4-6-12/h2-6,11,13-14H,7-10H2,1H3. The molecule has 0 aliphatic carbocycles. The number of benzene rings is 1. The molecule has 2 rings (SSSR count). The Kier molecular flexibility index (Phi) is 3.20. The summed E-state index contributed by atoms with van der Waals surface area (Å²) in [6, 6.07) is 10.8. The molecule has 0 aromatic heterocycles. The van der Waals surface area contributed by atoms with Crippen LogP contribution in [0.4, 0.5) is 0 Å². The van der Waals surface area contributed by atoms with Crippen molar-refractivity contribution in [3.05, 3.63) is 35.9 Å². The lowest BCUT2D eigenvalue weighted by molar-refractivity contribution is 0.273. The third-order valence-corrected chi connectivity index (χ3v) is 3.33. The van der Waals surface area contributed by atoms with Crippen LogP contribution < -0.4 is 5.32 Å². The molecule has 1 aromatic rings. The van der Waals surface area contributed by atoms with E-state index in [1.807, 2.05) is 0 Å². The average molecular weight is 189 g/mol. The number of piperidine rings is 1. The van der Waals surface area contributed by atoms with Gasteiger partial charge in [0.25, 0.3) is 0 Å². The van der Waals surface area contributed by atoms with Gasteiger partial charge in [0.2, 0.25) is 0 Å². The van der Waals surface area contributed by atoms with Crippen molar-refractivity contribution in [1.82, 2.24) is 5.32 Å². The SMILES string of the molecule is CC1CCNCC1Cc1ccccc1. The molecule has 1 fully saturated rings. The summed E-state index contributed by atoms with van der Waals surface area (Å²) in [5.74, 6) is 1.70. The van der Waals surface area contributed by atoms with Crippen LogP contribution in [-0.4, -0.2) is 13.1 Å². The smallest absolute Gasteiger partial charge is 0.00148 e. The molecule has 1 aromatic carbocycles. The molecule has 14 heavy (non-hydrogen) atoms. The van der Waals surface area contributed by atoms with Crippen LogP contribution in [0.15, 0.2) is 30.3 Å². The van der Waals surface area contributed by atoms with Crippen molar-refractivity contribution in [3.63, 3.8) is 0 Å². The summed E-state index contributed by atoms with van der Waals surface area (Å²) < 4.78 is 0. The van der Waals surface area contributed by atoms with Gasteiger partial charge in [-0.25, -0.2) is 0 Å². The topological polar surface area (TPSA) is 12.0 Å². The highest BCUT2D eigenvalue weighted by Crippen LogP contribution is 2.22. The van der Waals surface area contributed by atoms with Crippen LogP contribution in [0, 0.1) is 11.8 Å². The first-order valence-corrected chi connectivity index (χ1v) is 5.61. The van der Waals surface area contributed by atoms with Crippen molar-refractivity contribution >= 4 is 0 Å². The summed E-state index contributed by atoms with van der Waals surface area (Å²) in [5, 5.41) is 3.49. The van der Waals surface area contributed by atoms with E-state index in [0.717, 1.165) is 11.8 Å². The van der Waals surface area contributed by atoms with E-state index in [2.05, 4.69) is 42.6 Å². The summed E-state index contributed by atoms with van der Waals surface area (Å²) in [5.41, 5.74) is 1.48. The highest BCUT2D eigenvalue weighted by molar-refractivity contribution is 5.15. The normalized spacial score (nSPS) is 27.5. The van der Waals surface area contributed by atoms with Gasteiger partial charge in [-0.15, -0.1) is 0 Å². The zero-order valence-electron chi connectivity index (χ0n) is 8.87. The zero-order chi connectivity index (χ0) is 9.80. The van der Waals surface area contributed by atoms with Gasteiger partial charge in [0.1, 0.15) is 0 Å². The molecular formula is C13H19N. The van der Waals surface area contributed by atoms with Gasteiger partial charge in [-0.2, -0.15) is 0 Å². The summed E-state index contributed by atoms with van der Waals surface area (Å²) >= 11 is 0. The van der Waals surface area contributed by atoms with Crippen LogP contribution in [0.25, 0.3) is 0 Å². The third kappa shape index (κ3) is 2.36. The van der Waals surface area contributed by atoms with E-state index in [9.17, 15) is 0 Å². The van der Waals surface area contributed by atoms with Crippen LogP contribution in [0.5, 0.6) is 0 Å². The minimum atomic E-state index is 0.825. The van der Waals surface area contributed by atoms with E-state index in [0.29, 0.717) is 0 Å². The van der Waals surface area contributed by atoms with E-state index in [4.69, 9.17) is 0 Å². The fourth-order valence-electron chi connectivity index (χ4n) is 2.24. The second-order valence-electron chi connectivity index (χ2n) is 4.42. The second kappa shape index (κ2) is 4.61. The summed E-state index contributed by atoms with van der Waals surface area (Å²) in [6.45, 7) is 4.77. The predicted octanol–water partition coefficient (Wildman–Crippen LogP) is 2.47. The molecule has 1 heterocycles. The summed E-state index contributed by atoms with van der Waals surface area (Å²) in [7, 11) is 0. The molecule has 0 radical (unpaired) electrons. The third-order valence-electron chi connectivity index (χ3n) is 3.33. The molecule has 1 N–H and O–H groups in total. The molecule has 0 bridgehead atoms. The Morgan fingerprint density at radius 3 is 2.79 bits per heavy atom. The van der Waals surface area contributed by atoms with Crippen molar-refractivity contribution < 1.29 is 0 Å². The lowest BCUT2D eigenvalue weighted by atomic mass is 9.84. The highest BCUT2D eigenvalue weighted by Gasteiger charge is 2.20. The molecule has 76 valence electrons. The van der Waals surface area contributed by atoms with Crippen LogP contribution in [0.1, 0.15) is 18.9 Å². The molecule has 1 heteroatoms. The lowest BCUT2D eigenvalue weighted by Gasteiger charge is -2.29. The van der Waals surface area contributed by atoms with Crippen LogP contribution in [0.2, 0.25) is 0 Å². The van der Waals surface area contributed by atoms with Gasteiger partial charge in [0.05, 0.1) is 0 Å². The Balaban J connectivity index is 1.96. The van der Waals surface area contributed by atoms with Crippen LogP contribution in [0.3, 0.4) is 0 Å². The Bertz CT molecular complexity index is 268. The minimum Gasteiger partial charge on any atom is -0.316 e. The molecule has 0 saturated carbocycles. The van der Waals surface area contributed by atoms with E-state index in [1.165, 1.54) is 31.5 Å². The van der Waals surface area contributed by atoms with Gasteiger partial charge in [-0.1, -0.05) is 37.3 Å². The van der Waals surface area contributed by atoms with Gasteiger partial charge >= 0.3 is 0 Å². The number of hydrogen-bond donors (Lipinski definition) is 1. The molecular weight excluding hydrogens is 170 g/mol. The van der Waals surface area contributed by atoms with Crippen molar-refractivity contribution in [1.29, 1.82) is 0 Å². The summed E-state index contributed by atoms with van der Waals surface area (Å²) in [6.07, 6.45) is 2.56. The first-order chi connectivity index (χ1) is 6.86. The van der Waals surface area contributed by atoms with Crippen molar-refractivity contribution in [2.45, 2.75) is 19.8 Å². The van der Waals surface area contributed by atoms with E-state index in [-0.39, 0.29) is 0 Å². The first-order valence-electron chi connectivity index (χ1n) is 5.61. The fourth-order valence-corrected chi connectivity index (χ4v) is 2.24. The molecule has 2 unspecified atom stereocenters. The van der Waals surface area contributed by atoms with Crippen molar-refractivity contribution in [3.8, 4) is 0 Å². The first kappa shape index (κ1) is 9.72. The average Bonchev–Trinajstić information content (AvgIpc) is 2.23. The largest absolute Gasteiger partial charge is 0.316 e. The number of hydrogen-bond acceptors (Lipinski definition) is 1. The Labute approximate surface area is 86.5 Å². The Morgan fingerprint density at radius 2 is 2.07 bits per heavy atom. The zero-order valence-corrected chi connectivity index (χ0v) is 8.87. The van der Waals surface area contributed by atoms with Crippen LogP contribution in [-0.2, 0) is 6.42 Å². The maximum Gasteiger partial charge on any atom is -0.00148 e. The molecule has 1 aliphatic rings. The maximum atomic E-state index is 3.49. The maximum absolute atomic E-state index is 3.49. The Morgan fingerprint density at radius 1 is 1.29 bits per heavy atom. The van der Waals surface area contributed by atoms with Gasteiger partial charge in [0.15, 0.2) is 0 Å². The van der Waals surface area contributed by atoms with Gasteiger partial charge in [0, 0.05) is 0 Å². The molecule has 2 atom stereocenters. The number of nitrogens with one attached hydrogen (secondary N) is 1.